The molecule has 0 heterocycles. The summed E-state index contributed by atoms with van der Waals surface area (Å²) in [6.45, 7) is 3.26. The highest BCUT2D eigenvalue weighted by Gasteiger charge is 2.15. The summed E-state index contributed by atoms with van der Waals surface area (Å²) in [4.78, 5) is 23.8. The van der Waals surface area contributed by atoms with Crippen LogP contribution in [0.4, 0.5) is 11.4 Å². The first kappa shape index (κ1) is 21.5. The van der Waals surface area contributed by atoms with Crippen LogP contribution in [-0.2, 0) is 10.0 Å². The Morgan fingerprint density at radius 3 is 2.07 bits per heavy atom. The number of anilines is 2. The Morgan fingerprint density at radius 1 is 0.867 bits per heavy atom. The molecular weight excluding hydrogens is 424 g/mol. The molecule has 0 aromatic heterocycles. The molecule has 8 heteroatoms. The van der Waals surface area contributed by atoms with Crippen molar-refractivity contribution in [1.82, 2.24) is 0 Å². The first-order valence-electron chi connectivity index (χ1n) is 8.97. The predicted molar refractivity (Wildman–Crippen MR) is 118 cm³/mol. The minimum atomic E-state index is -3.82. The molecular formula is C22H19ClN2O4S. The molecule has 3 aromatic rings. The third-order valence-electron chi connectivity index (χ3n) is 4.42. The lowest BCUT2D eigenvalue weighted by molar-refractivity contribution is 0.101. The van der Waals surface area contributed by atoms with Gasteiger partial charge >= 0.3 is 0 Å². The van der Waals surface area contributed by atoms with Gasteiger partial charge in [0.2, 0.25) is 0 Å². The van der Waals surface area contributed by atoms with Crippen LogP contribution in [0.1, 0.15) is 33.2 Å². The number of nitrogens with one attached hydrogen (secondary N) is 2. The van der Waals surface area contributed by atoms with Gasteiger partial charge in [-0.1, -0.05) is 29.8 Å². The van der Waals surface area contributed by atoms with Gasteiger partial charge in [0.25, 0.3) is 15.9 Å². The van der Waals surface area contributed by atoms with Gasteiger partial charge < -0.3 is 5.32 Å². The molecule has 0 saturated carbocycles. The highest BCUT2D eigenvalue weighted by Crippen LogP contribution is 2.22. The topological polar surface area (TPSA) is 92.3 Å². The van der Waals surface area contributed by atoms with Crippen LogP contribution in [0.15, 0.2) is 71.6 Å². The Hall–Kier alpha value is -3.16. The van der Waals surface area contributed by atoms with Crippen LogP contribution in [-0.4, -0.2) is 20.1 Å². The average molecular weight is 443 g/mol. The van der Waals surface area contributed by atoms with E-state index in [-0.39, 0.29) is 16.6 Å². The number of rotatable bonds is 6. The third kappa shape index (κ3) is 5.06. The van der Waals surface area contributed by atoms with Crippen LogP contribution in [0, 0.1) is 6.92 Å². The molecule has 2 N–H and O–H groups in total. The lowest BCUT2D eigenvalue weighted by Crippen LogP contribution is -2.14. The van der Waals surface area contributed by atoms with Crippen molar-refractivity contribution in [3.63, 3.8) is 0 Å². The number of carbonyl (C=O) groups excluding carboxylic acids is 2. The second-order valence-corrected chi connectivity index (χ2v) is 8.80. The van der Waals surface area contributed by atoms with Gasteiger partial charge in [0.15, 0.2) is 5.78 Å². The fourth-order valence-electron chi connectivity index (χ4n) is 2.70. The zero-order valence-electron chi connectivity index (χ0n) is 16.3. The number of amides is 1. The van der Waals surface area contributed by atoms with Crippen molar-refractivity contribution in [2.24, 2.45) is 0 Å². The van der Waals surface area contributed by atoms with Gasteiger partial charge in [0, 0.05) is 27.5 Å². The number of benzene rings is 3. The Morgan fingerprint density at radius 2 is 1.47 bits per heavy atom. The number of hydrogen-bond acceptors (Lipinski definition) is 4. The Kier molecular flexibility index (Phi) is 6.24. The minimum absolute atomic E-state index is 0.0331. The van der Waals surface area contributed by atoms with Crippen molar-refractivity contribution in [3.05, 3.63) is 88.4 Å². The zero-order chi connectivity index (χ0) is 21.9. The maximum Gasteiger partial charge on any atom is 0.261 e. The second kappa shape index (κ2) is 8.69. The highest BCUT2D eigenvalue weighted by molar-refractivity contribution is 7.92. The van der Waals surface area contributed by atoms with E-state index in [2.05, 4.69) is 10.0 Å². The predicted octanol–water partition coefficient (Wildman–Crippen LogP) is 4.90. The van der Waals surface area contributed by atoms with Crippen LogP contribution < -0.4 is 10.0 Å². The summed E-state index contributed by atoms with van der Waals surface area (Å²) in [5.74, 6) is -0.483. The first-order valence-corrected chi connectivity index (χ1v) is 10.8. The van der Waals surface area contributed by atoms with Gasteiger partial charge in [0.05, 0.1) is 4.90 Å². The summed E-state index contributed by atoms with van der Waals surface area (Å²) >= 11 is 5.97. The summed E-state index contributed by atoms with van der Waals surface area (Å²) < 4.78 is 27.5. The van der Waals surface area contributed by atoms with E-state index in [1.165, 1.54) is 55.5 Å². The third-order valence-corrected chi connectivity index (χ3v) is 6.05. The molecule has 3 rings (SSSR count). The molecule has 1 amide bonds. The molecule has 154 valence electrons. The fourth-order valence-corrected chi connectivity index (χ4v) is 3.93. The SMILES string of the molecule is CC(=O)c1ccc(S(=O)(=O)Nc2ccc(C(=O)Nc3cc(Cl)ccc3C)cc2)cc1. The van der Waals surface area contributed by atoms with Gasteiger partial charge in [-0.05, 0) is 67.9 Å². The van der Waals surface area contributed by atoms with Crippen molar-refractivity contribution < 1.29 is 18.0 Å². The minimum Gasteiger partial charge on any atom is -0.322 e. The molecule has 30 heavy (non-hydrogen) atoms. The van der Waals surface area contributed by atoms with Crippen molar-refractivity contribution in [2.75, 3.05) is 10.0 Å². The molecule has 0 aliphatic heterocycles. The number of aryl methyl sites for hydroxylation is 1. The van der Waals surface area contributed by atoms with Crippen molar-refractivity contribution >= 4 is 44.7 Å². The fraction of sp³-hybridized carbons (Fsp3) is 0.0909. The Bertz CT molecular complexity index is 1200. The van der Waals surface area contributed by atoms with E-state index in [1.54, 1.807) is 18.2 Å². The molecule has 6 nitrogen and oxygen atoms in total. The Labute approximate surface area is 179 Å². The van der Waals surface area contributed by atoms with Gasteiger partial charge in [0.1, 0.15) is 0 Å². The first-order chi connectivity index (χ1) is 14.2. The summed E-state index contributed by atoms with van der Waals surface area (Å²) in [6.07, 6.45) is 0. The summed E-state index contributed by atoms with van der Waals surface area (Å²) in [5.41, 5.74) is 2.57. The molecule has 0 fully saturated rings. The van der Waals surface area contributed by atoms with Crippen LogP contribution in [0.2, 0.25) is 5.02 Å². The smallest absolute Gasteiger partial charge is 0.261 e. The molecule has 0 atom stereocenters. The molecule has 0 saturated heterocycles. The molecule has 0 aliphatic carbocycles. The lowest BCUT2D eigenvalue weighted by Gasteiger charge is -2.11. The monoisotopic (exact) mass is 442 g/mol. The zero-order valence-corrected chi connectivity index (χ0v) is 17.8. The average Bonchev–Trinajstić information content (AvgIpc) is 2.71. The van der Waals surface area contributed by atoms with Crippen LogP contribution in [0.3, 0.4) is 0 Å². The largest absolute Gasteiger partial charge is 0.322 e. The van der Waals surface area contributed by atoms with Gasteiger partial charge in [-0.2, -0.15) is 0 Å². The van der Waals surface area contributed by atoms with Crippen LogP contribution in [0.5, 0.6) is 0 Å². The second-order valence-electron chi connectivity index (χ2n) is 6.68. The molecule has 0 unspecified atom stereocenters. The number of ketones is 1. The van der Waals surface area contributed by atoms with Crippen molar-refractivity contribution in [3.8, 4) is 0 Å². The van der Waals surface area contributed by atoms with Gasteiger partial charge in [-0.3, -0.25) is 14.3 Å². The van der Waals surface area contributed by atoms with Crippen molar-refractivity contribution in [1.29, 1.82) is 0 Å². The van der Waals surface area contributed by atoms with Crippen LogP contribution >= 0.6 is 11.6 Å². The number of Topliss-reactive ketones (excluding diaryl/α,β-unsaturated/α-hetero) is 1. The summed E-state index contributed by atoms with van der Waals surface area (Å²) in [5, 5.41) is 3.30. The molecule has 0 radical (unpaired) electrons. The number of halogens is 1. The van der Waals surface area contributed by atoms with E-state index >= 15 is 0 Å². The summed E-state index contributed by atoms with van der Waals surface area (Å²) in [7, 11) is -3.82. The lowest BCUT2D eigenvalue weighted by atomic mass is 10.1. The van der Waals surface area contributed by atoms with E-state index in [1.807, 2.05) is 6.92 Å². The number of hydrogen-bond donors (Lipinski definition) is 2. The van der Waals surface area contributed by atoms with E-state index < -0.39 is 10.0 Å². The molecule has 0 spiro atoms. The molecule has 3 aromatic carbocycles. The quantitative estimate of drug-likeness (QED) is 0.531. The van der Waals surface area contributed by atoms with E-state index in [0.717, 1.165) is 5.56 Å². The molecule has 0 bridgehead atoms. The maximum absolute atomic E-state index is 12.5. The van der Waals surface area contributed by atoms with E-state index in [4.69, 9.17) is 11.6 Å². The number of carbonyl (C=O) groups is 2. The molecule has 0 aliphatic rings. The standard InChI is InChI=1S/C22H19ClN2O4S/c1-14-3-8-18(23)13-21(14)24-22(27)17-4-9-19(10-5-17)25-30(28,29)20-11-6-16(7-12-20)15(2)26/h3-13,25H,1-2H3,(H,24,27). The number of sulfonamides is 1. The highest BCUT2D eigenvalue weighted by atomic mass is 35.5. The van der Waals surface area contributed by atoms with Gasteiger partial charge in [-0.15, -0.1) is 0 Å². The summed E-state index contributed by atoms with van der Waals surface area (Å²) in [6, 6.07) is 16.9. The van der Waals surface area contributed by atoms with E-state index in [0.29, 0.717) is 27.5 Å². The van der Waals surface area contributed by atoms with Crippen molar-refractivity contribution in [2.45, 2.75) is 18.7 Å². The Balaban J connectivity index is 1.72. The maximum atomic E-state index is 12.5. The van der Waals surface area contributed by atoms with Gasteiger partial charge in [-0.25, -0.2) is 8.42 Å². The van der Waals surface area contributed by atoms with Crippen LogP contribution in [0.25, 0.3) is 0 Å². The normalized spacial score (nSPS) is 11.0. The van der Waals surface area contributed by atoms with E-state index in [9.17, 15) is 18.0 Å².